The van der Waals surface area contributed by atoms with E-state index in [0.29, 0.717) is 35.9 Å². The summed E-state index contributed by atoms with van der Waals surface area (Å²) in [5.41, 5.74) is 6.44. The lowest BCUT2D eigenvalue weighted by atomic mass is 10.0. The summed E-state index contributed by atoms with van der Waals surface area (Å²) < 4.78 is 9.64. The van der Waals surface area contributed by atoms with Crippen LogP contribution in [-0.4, -0.2) is 86.0 Å². The minimum Gasteiger partial charge on any atom is -0.453 e. The van der Waals surface area contributed by atoms with E-state index < -0.39 is 24.3 Å². The van der Waals surface area contributed by atoms with Gasteiger partial charge in [-0.25, -0.2) is 19.6 Å². The number of hydrogen-bond acceptors (Lipinski definition) is 9. The van der Waals surface area contributed by atoms with Gasteiger partial charge in [0.25, 0.3) is 11.8 Å². The number of carbonyl (C=O) groups excluding carboxylic acids is 4. The molecule has 3 aromatic heterocycles. The molecule has 4 atom stereocenters. The van der Waals surface area contributed by atoms with Crippen LogP contribution in [0.3, 0.4) is 0 Å². The molecule has 15 heteroatoms. The van der Waals surface area contributed by atoms with Crippen molar-refractivity contribution in [3.05, 3.63) is 138 Å². The van der Waals surface area contributed by atoms with Gasteiger partial charge in [-0.1, -0.05) is 84.9 Å². The Hall–Kier alpha value is -7.29. The van der Waals surface area contributed by atoms with Crippen molar-refractivity contribution in [2.75, 3.05) is 27.3 Å². The molecule has 5 heterocycles. The summed E-state index contributed by atoms with van der Waals surface area (Å²) in [4.78, 5) is 76.7. The maximum atomic E-state index is 13.9. The molecule has 306 valence electrons. The number of hydrogen-bond donors (Lipinski definition) is 4. The molecule has 4 N–H and O–H groups in total. The molecule has 8 rings (SSSR count). The second-order valence-corrected chi connectivity index (χ2v) is 14.7. The molecule has 0 aliphatic carbocycles. The smallest absolute Gasteiger partial charge is 0.407 e. The molecule has 2 fully saturated rings. The Kier molecular flexibility index (Phi) is 11.7. The first-order chi connectivity index (χ1) is 29.3. The zero-order chi connectivity index (χ0) is 41.6. The highest BCUT2D eigenvalue weighted by Crippen LogP contribution is 2.36. The highest BCUT2D eigenvalue weighted by molar-refractivity contribution is 5.88. The van der Waals surface area contributed by atoms with E-state index in [1.165, 1.54) is 14.2 Å². The van der Waals surface area contributed by atoms with E-state index in [2.05, 4.69) is 30.6 Å². The Morgan fingerprint density at radius 3 is 1.48 bits per heavy atom. The predicted molar refractivity (Wildman–Crippen MR) is 222 cm³/mol. The number of nitrogens with zero attached hydrogens (tertiary/aromatic N) is 5. The van der Waals surface area contributed by atoms with E-state index in [1.54, 1.807) is 28.4 Å². The van der Waals surface area contributed by atoms with Crippen molar-refractivity contribution in [3.63, 3.8) is 0 Å². The molecule has 2 aliphatic rings. The molecule has 0 spiro atoms. The van der Waals surface area contributed by atoms with Gasteiger partial charge >= 0.3 is 12.2 Å². The number of carbonyl (C=O) groups is 4. The van der Waals surface area contributed by atoms with Gasteiger partial charge in [0.1, 0.15) is 23.7 Å². The number of imidazole rings is 2. The average Bonchev–Trinajstić information content (AvgIpc) is 4.15. The molecule has 0 saturated carbocycles. The largest absolute Gasteiger partial charge is 0.453 e. The lowest BCUT2D eigenvalue weighted by molar-refractivity contribution is -0.135. The molecule has 60 heavy (non-hydrogen) atoms. The minimum atomic E-state index is -0.894. The van der Waals surface area contributed by atoms with Gasteiger partial charge in [0, 0.05) is 30.4 Å². The molecule has 4 amide bonds. The van der Waals surface area contributed by atoms with Gasteiger partial charge in [-0.15, -0.1) is 0 Å². The lowest BCUT2D eigenvalue weighted by Crippen LogP contribution is -2.42. The van der Waals surface area contributed by atoms with Gasteiger partial charge in [0.05, 0.1) is 55.8 Å². The summed E-state index contributed by atoms with van der Waals surface area (Å²) in [6, 6.07) is 27.9. The quantitative estimate of drug-likeness (QED) is 0.106. The van der Waals surface area contributed by atoms with E-state index in [4.69, 9.17) is 14.5 Å². The zero-order valence-electron chi connectivity index (χ0n) is 33.2. The van der Waals surface area contributed by atoms with E-state index >= 15 is 0 Å². The van der Waals surface area contributed by atoms with E-state index in [-0.39, 0.29) is 23.9 Å². The molecule has 2 aliphatic heterocycles. The van der Waals surface area contributed by atoms with Crippen LogP contribution in [0.5, 0.6) is 0 Å². The number of methoxy groups -OCH3 is 2. The third-order valence-corrected chi connectivity index (χ3v) is 11.1. The van der Waals surface area contributed by atoms with Crippen molar-refractivity contribution >= 4 is 24.0 Å². The molecule has 0 bridgehead atoms. The summed E-state index contributed by atoms with van der Waals surface area (Å²) in [6.07, 6.45) is 7.05. The zero-order valence-corrected chi connectivity index (χ0v) is 33.2. The molecular formula is C45H45N9O6. The Morgan fingerprint density at radius 2 is 1.03 bits per heavy atom. The van der Waals surface area contributed by atoms with Crippen LogP contribution >= 0.6 is 0 Å². The molecule has 2 saturated heterocycles. The maximum absolute atomic E-state index is 13.9. The van der Waals surface area contributed by atoms with Gasteiger partial charge in [0.2, 0.25) is 0 Å². The fourth-order valence-corrected chi connectivity index (χ4v) is 8.03. The number of H-pyrrole nitrogens is 2. The molecule has 6 aromatic rings. The first kappa shape index (κ1) is 39.5. The number of pyridine rings is 1. The van der Waals surface area contributed by atoms with Crippen LogP contribution in [-0.2, 0) is 19.1 Å². The van der Waals surface area contributed by atoms with Crippen molar-refractivity contribution in [3.8, 4) is 33.8 Å². The first-order valence-corrected chi connectivity index (χ1v) is 19.9. The fraction of sp³-hybridized carbons (Fsp3) is 0.267. The van der Waals surface area contributed by atoms with Crippen LogP contribution in [0.15, 0.2) is 116 Å². The number of nitrogens with one attached hydrogen (secondary N) is 4. The SMILES string of the molecule is COC(=O)N[C@@H](C(=O)N1CCC[C@H]1c1ncc(-c2ccc(-c3ccc(-c4cnc([C@@H]5CCCN5C(=O)[C@H](NC(=O)OC)c5ccccc5)[nH]4)cn3)cc2)[nH]1)c1ccccc1. The summed E-state index contributed by atoms with van der Waals surface area (Å²) in [6.45, 7) is 1.08. The third-order valence-electron chi connectivity index (χ3n) is 11.1. The van der Waals surface area contributed by atoms with Crippen molar-refractivity contribution < 1.29 is 28.7 Å². The third kappa shape index (κ3) is 8.32. The molecule has 0 unspecified atom stereocenters. The first-order valence-electron chi connectivity index (χ1n) is 19.9. The summed E-state index contributed by atoms with van der Waals surface area (Å²) in [5, 5.41) is 5.41. The number of benzene rings is 3. The average molecular weight is 808 g/mol. The van der Waals surface area contributed by atoms with Crippen LogP contribution < -0.4 is 10.6 Å². The Labute approximate surface area is 346 Å². The standard InChI is InChI=1S/C45H45N9O6/c1-59-44(57)51-38(30-11-5-3-6-12-30)42(55)53-23-9-15-36(53)40-47-26-34(49-40)29-19-17-28(18-20-29)33-22-21-32(25-46-33)35-27-48-41(50-35)37-16-10-24-54(37)43(56)39(52-45(58)60-2)31-13-7-4-8-14-31/h3-8,11-14,17-22,25-27,36-39H,9-10,15-16,23-24H2,1-2H3,(H,47,49)(H,48,50)(H,51,57)(H,52,58)/t36-,37-,38+,39+/m0/s1. The van der Waals surface area contributed by atoms with E-state index in [1.807, 2.05) is 97.1 Å². The number of ether oxygens (including phenoxy) is 2. The molecule has 0 radical (unpaired) electrons. The van der Waals surface area contributed by atoms with Crippen LogP contribution in [0.25, 0.3) is 33.8 Å². The van der Waals surface area contributed by atoms with Crippen LogP contribution in [0, 0.1) is 0 Å². The number of rotatable bonds is 11. The number of likely N-dealkylation sites (tertiary alicyclic amines) is 2. The number of aromatic amines is 2. The van der Waals surface area contributed by atoms with Crippen molar-refractivity contribution in [2.24, 2.45) is 0 Å². The lowest BCUT2D eigenvalue weighted by Gasteiger charge is -2.28. The second-order valence-electron chi connectivity index (χ2n) is 14.7. The second kappa shape index (κ2) is 17.7. The highest BCUT2D eigenvalue weighted by atomic mass is 16.5. The molecular weight excluding hydrogens is 763 g/mol. The summed E-state index contributed by atoms with van der Waals surface area (Å²) >= 11 is 0. The summed E-state index contributed by atoms with van der Waals surface area (Å²) in [7, 11) is 2.55. The van der Waals surface area contributed by atoms with Crippen LogP contribution in [0.4, 0.5) is 9.59 Å². The normalized spacial score (nSPS) is 17.2. The number of aromatic nitrogens is 5. The number of amides is 4. The van der Waals surface area contributed by atoms with Crippen molar-refractivity contribution in [1.29, 1.82) is 0 Å². The van der Waals surface area contributed by atoms with E-state index in [0.717, 1.165) is 59.5 Å². The summed E-state index contributed by atoms with van der Waals surface area (Å²) in [5.74, 6) is 0.900. The maximum Gasteiger partial charge on any atom is 0.407 e. The highest BCUT2D eigenvalue weighted by Gasteiger charge is 2.38. The monoisotopic (exact) mass is 807 g/mol. The van der Waals surface area contributed by atoms with Crippen molar-refractivity contribution in [2.45, 2.75) is 49.9 Å². The fourth-order valence-electron chi connectivity index (χ4n) is 8.03. The minimum absolute atomic E-state index is 0.223. The Balaban J connectivity index is 0.928. The van der Waals surface area contributed by atoms with E-state index in [9.17, 15) is 19.2 Å². The van der Waals surface area contributed by atoms with Crippen LogP contribution in [0.2, 0.25) is 0 Å². The van der Waals surface area contributed by atoms with Crippen LogP contribution in [0.1, 0.15) is 72.6 Å². The van der Waals surface area contributed by atoms with Gasteiger partial charge < -0.3 is 39.9 Å². The Bertz CT molecular complexity index is 2270. The molecule has 15 nitrogen and oxygen atoms in total. The van der Waals surface area contributed by atoms with Gasteiger partial charge in [-0.05, 0) is 54.5 Å². The molecule has 3 aromatic carbocycles. The van der Waals surface area contributed by atoms with Crippen molar-refractivity contribution in [1.82, 2.24) is 45.4 Å². The number of alkyl carbamates (subject to hydrolysis) is 2. The predicted octanol–water partition coefficient (Wildman–Crippen LogP) is 7.05. The van der Waals surface area contributed by atoms with Gasteiger partial charge in [0.15, 0.2) is 0 Å². The Morgan fingerprint density at radius 1 is 0.583 bits per heavy atom. The topological polar surface area (TPSA) is 188 Å². The van der Waals surface area contributed by atoms with Gasteiger partial charge in [-0.3, -0.25) is 14.6 Å². The van der Waals surface area contributed by atoms with Gasteiger partial charge in [-0.2, -0.15) is 0 Å².